The van der Waals surface area contributed by atoms with Crippen LogP contribution < -0.4 is 5.32 Å². The lowest BCUT2D eigenvalue weighted by Gasteiger charge is -2.25. The molecule has 0 aliphatic heterocycles. The molecule has 1 nitrogen and oxygen atoms in total. The van der Waals surface area contributed by atoms with Crippen LogP contribution in [0.4, 0.5) is 0 Å². The fraction of sp³-hybridized carbons (Fsp3) is 1.00. The second kappa shape index (κ2) is 4.10. The van der Waals surface area contributed by atoms with Crippen LogP contribution in [0, 0.1) is 11.8 Å². The van der Waals surface area contributed by atoms with E-state index < -0.39 is 0 Å². The van der Waals surface area contributed by atoms with Gasteiger partial charge in [0.05, 0.1) is 0 Å². The normalized spacial score (nSPS) is 34.1. The molecular formula is C10H21N. The molecular weight excluding hydrogens is 134 g/mol. The average molecular weight is 155 g/mol. The molecule has 0 spiro atoms. The largest absolute Gasteiger partial charge is 0.317 e. The van der Waals surface area contributed by atoms with Gasteiger partial charge < -0.3 is 5.32 Å². The van der Waals surface area contributed by atoms with Crippen molar-refractivity contribution in [2.75, 3.05) is 7.05 Å². The van der Waals surface area contributed by atoms with Gasteiger partial charge in [0.1, 0.15) is 0 Å². The molecule has 1 aliphatic rings. The minimum absolute atomic E-state index is 0.771. The number of hydrogen-bond donors (Lipinski definition) is 1. The number of rotatable bonds is 3. The highest BCUT2D eigenvalue weighted by atomic mass is 14.9. The molecule has 0 saturated heterocycles. The Bertz CT molecular complexity index is 107. The van der Waals surface area contributed by atoms with Gasteiger partial charge in [-0.25, -0.2) is 0 Å². The van der Waals surface area contributed by atoms with Gasteiger partial charge in [0.2, 0.25) is 0 Å². The summed E-state index contributed by atoms with van der Waals surface area (Å²) in [6.07, 6.45) is 5.62. The zero-order chi connectivity index (χ0) is 8.27. The van der Waals surface area contributed by atoms with E-state index in [-0.39, 0.29) is 0 Å². The van der Waals surface area contributed by atoms with Crippen molar-refractivity contribution in [3.63, 3.8) is 0 Å². The Morgan fingerprint density at radius 1 is 1.45 bits per heavy atom. The van der Waals surface area contributed by atoms with Crippen LogP contribution in [0.5, 0.6) is 0 Å². The quantitative estimate of drug-likeness (QED) is 0.660. The van der Waals surface area contributed by atoms with Crippen LogP contribution in [0.25, 0.3) is 0 Å². The minimum Gasteiger partial charge on any atom is -0.317 e. The van der Waals surface area contributed by atoms with E-state index in [1.54, 1.807) is 0 Å². The van der Waals surface area contributed by atoms with E-state index in [2.05, 4.69) is 26.2 Å². The van der Waals surface area contributed by atoms with E-state index in [0.717, 1.165) is 17.9 Å². The maximum Gasteiger partial charge on any atom is 0.00922 e. The standard InChI is InChI=1S/C10H21N/c1-4-10(11-3)9-7-5-6-8(9)2/h8-11H,4-7H2,1-3H3. The van der Waals surface area contributed by atoms with E-state index >= 15 is 0 Å². The first-order valence-electron chi connectivity index (χ1n) is 4.96. The molecule has 1 heteroatoms. The molecule has 1 aliphatic carbocycles. The molecule has 3 unspecified atom stereocenters. The second-order valence-corrected chi connectivity index (χ2v) is 3.88. The first kappa shape index (κ1) is 9.05. The zero-order valence-electron chi connectivity index (χ0n) is 8.06. The van der Waals surface area contributed by atoms with Crippen LogP contribution in [0.1, 0.15) is 39.5 Å². The van der Waals surface area contributed by atoms with Crippen molar-refractivity contribution < 1.29 is 0 Å². The number of nitrogens with one attached hydrogen (secondary N) is 1. The van der Waals surface area contributed by atoms with Crippen molar-refractivity contribution >= 4 is 0 Å². The fourth-order valence-electron chi connectivity index (χ4n) is 2.49. The third-order valence-electron chi connectivity index (χ3n) is 3.26. The summed E-state index contributed by atoms with van der Waals surface area (Å²) in [7, 11) is 2.10. The number of hydrogen-bond acceptors (Lipinski definition) is 1. The Balaban J connectivity index is 2.43. The molecule has 1 rings (SSSR count). The Morgan fingerprint density at radius 3 is 2.55 bits per heavy atom. The lowest BCUT2D eigenvalue weighted by Crippen LogP contribution is -2.34. The maximum atomic E-state index is 3.42. The molecule has 11 heavy (non-hydrogen) atoms. The fourth-order valence-corrected chi connectivity index (χ4v) is 2.49. The highest BCUT2D eigenvalue weighted by Crippen LogP contribution is 2.34. The summed E-state index contributed by atoms with van der Waals surface area (Å²) in [5.41, 5.74) is 0. The van der Waals surface area contributed by atoms with Crippen LogP contribution in [0.2, 0.25) is 0 Å². The molecule has 1 fully saturated rings. The van der Waals surface area contributed by atoms with Gasteiger partial charge in [-0.05, 0) is 31.7 Å². The molecule has 1 saturated carbocycles. The highest BCUT2D eigenvalue weighted by Gasteiger charge is 2.28. The molecule has 1 N–H and O–H groups in total. The predicted molar refractivity (Wildman–Crippen MR) is 49.6 cm³/mol. The van der Waals surface area contributed by atoms with Gasteiger partial charge in [-0.1, -0.05) is 26.7 Å². The zero-order valence-corrected chi connectivity index (χ0v) is 8.06. The molecule has 3 atom stereocenters. The van der Waals surface area contributed by atoms with Gasteiger partial charge in [-0.15, -0.1) is 0 Å². The molecule has 0 aromatic carbocycles. The van der Waals surface area contributed by atoms with E-state index in [0.29, 0.717) is 0 Å². The van der Waals surface area contributed by atoms with Crippen molar-refractivity contribution in [3.05, 3.63) is 0 Å². The second-order valence-electron chi connectivity index (χ2n) is 3.88. The van der Waals surface area contributed by atoms with Gasteiger partial charge in [0, 0.05) is 6.04 Å². The van der Waals surface area contributed by atoms with Crippen molar-refractivity contribution in [1.29, 1.82) is 0 Å². The van der Waals surface area contributed by atoms with E-state index in [4.69, 9.17) is 0 Å². The lowest BCUT2D eigenvalue weighted by molar-refractivity contribution is 0.303. The lowest BCUT2D eigenvalue weighted by atomic mass is 9.89. The van der Waals surface area contributed by atoms with Gasteiger partial charge in [0.15, 0.2) is 0 Å². The summed E-state index contributed by atoms with van der Waals surface area (Å²) in [6, 6.07) is 0.771. The van der Waals surface area contributed by atoms with Crippen molar-refractivity contribution in [2.24, 2.45) is 11.8 Å². The molecule has 0 aromatic rings. The van der Waals surface area contributed by atoms with Gasteiger partial charge in [-0.2, -0.15) is 0 Å². The average Bonchev–Trinajstić information content (AvgIpc) is 2.40. The first-order chi connectivity index (χ1) is 5.29. The third-order valence-corrected chi connectivity index (χ3v) is 3.26. The maximum absolute atomic E-state index is 3.42. The van der Waals surface area contributed by atoms with E-state index in [1.165, 1.54) is 25.7 Å². The minimum atomic E-state index is 0.771. The van der Waals surface area contributed by atoms with Crippen LogP contribution in [-0.4, -0.2) is 13.1 Å². The molecule has 0 amide bonds. The summed E-state index contributed by atoms with van der Waals surface area (Å²) in [6.45, 7) is 4.68. The van der Waals surface area contributed by atoms with Crippen LogP contribution in [0.3, 0.4) is 0 Å². The van der Waals surface area contributed by atoms with Crippen molar-refractivity contribution in [3.8, 4) is 0 Å². The molecule has 0 heterocycles. The summed E-state index contributed by atoms with van der Waals surface area (Å²) in [5, 5.41) is 3.42. The molecule has 66 valence electrons. The monoisotopic (exact) mass is 155 g/mol. The first-order valence-corrected chi connectivity index (χ1v) is 4.96. The smallest absolute Gasteiger partial charge is 0.00922 e. The SMILES string of the molecule is CCC(NC)C1CCCC1C. The summed E-state index contributed by atoms with van der Waals surface area (Å²) in [5.74, 6) is 1.90. The summed E-state index contributed by atoms with van der Waals surface area (Å²) < 4.78 is 0. The Morgan fingerprint density at radius 2 is 2.18 bits per heavy atom. The highest BCUT2D eigenvalue weighted by molar-refractivity contribution is 4.83. The summed E-state index contributed by atoms with van der Waals surface area (Å²) in [4.78, 5) is 0. The molecule has 0 radical (unpaired) electrons. The van der Waals surface area contributed by atoms with Crippen LogP contribution in [-0.2, 0) is 0 Å². The Kier molecular flexibility index (Phi) is 3.38. The molecule has 0 bridgehead atoms. The van der Waals surface area contributed by atoms with Gasteiger partial charge >= 0.3 is 0 Å². The molecule has 0 aromatic heterocycles. The van der Waals surface area contributed by atoms with Gasteiger partial charge in [0.25, 0.3) is 0 Å². The van der Waals surface area contributed by atoms with Gasteiger partial charge in [-0.3, -0.25) is 0 Å². The van der Waals surface area contributed by atoms with Crippen LogP contribution in [0.15, 0.2) is 0 Å². The van der Waals surface area contributed by atoms with Crippen LogP contribution >= 0.6 is 0 Å². The van der Waals surface area contributed by atoms with Crippen molar-refractivity contribution in [1.82, 2.24) is 5.32 Å². The topological polar surface area (TPSA) is 12.0 Å². The Labute approximate surface area is 70.6 Å². The van der Waals surface area contributed by atoms with E-state index in [9.17, 15) is 0 Å². The Hall–Kier alpha value is -0.0400. The third kappa shape index (κ3) is 1.96. The van der Waals surface area contributed by atoms with E-state index in [1.807, 2.05) is 0 Å². The predicted octanol–water partition coefficient (Wildman–Crippen LogP) is 2.42. The summed E-state index contributed by atoms with van der Waals surface area (Å²) >= 11 is 0. The van der Waals surface area contributed by atoms with Crippen molar-refractivity contribution in [2.45, 2.75) is 45.6 Å².